The van der Waals surface area contributed by atoms with Gasteiger partial charge in [-0.25, -0.2) is 24.3 Å². The van der Waals surface area contributed by atoms with Crippen molar-refractivity contribution >= 4 is 12.4 Å². The van der Waals surface area contributed by atoms with E-state index >= 15 is 0 Å². The van der Waals surface area contributed by atoms with Gasteiger partial charge in [-0.15, -0.1) is 25.2 Å². The Bertz CT molecular complexity index is 380. The molecule has 0 aromatic heterocycles. The van der Waals surface area contributed by atoms with Crippen molar-refractivity contribution in [1.82, 2.24) is 0 Å². The molecular weight excluding hydrogens is 347 g/mol. The topological polar surface area (TPSA) is 20.2 Å². The molecule has 0 radical (unpaired) electrons. The van der Waals surface area contributed by atoms with Gasteiger partial charge in [0.15, 0.2) is 0 Å². The van der Waals surface area contributed by atoms with Crippen LogP contribution in [0.2, 0.25) is 0 Å². The van der Waals surface area contributed by atoms with E-state index < -0.39 is 0 Å². The SMILES string of the molecule is Cl.OCc1ccccc1.[C-]1=CC=CC1.[C-]1=CC=CC1.[Zr+2]. The number of rotatable bonds is 1. The molecule has 0 amide bonds. The number of aliphatic hydroxyl groups is 1. The first-order valence-corrected chi connectivity index (χ1v) is 6.01. The van der Waals surface area contributed by atoms with Gasteiger partial charge < -0.3 is 5.11 Å². The molecule has 0 fully saturated rings. The van der Waals surface area contributed by atoms with E-state index in [9.17, 15) is 0 Å². The molecule has 0 unspecified atom stereocenters. The molecule has 104 valence electrons. The summed E-state index contributed by atoms with van der Waals surface area (Å²) in [6.07, 6.45) is 20.0. The summed E-state index contributed by atoms with van der Waals surface area (Å²) in [6.45, 7) is 0.140. The molecule has 3 heteroatoms. The largest absolute Gasteiger partial charge is 2.00 e. The van der Waals surface area contributed by atoms with Crippen LogP contribution in [-0.2, 0) is 32.8 Å². The molecule has 1 N–H and O–H groups in total. The molecule has 2 aliphatic rings. The van der Waals surface area contributed by atoms with Gasteiger partial charge in [-0.1, -0.05) is 30.3 Å². The molecule has 0 spiro atoms. The van der Waals surface area contributed by atoms with Crippen molar-refractivity contribution in [2.45, 2.75) is 19.4 Å². The molecule has 0 saturated heterocycles. The quantitative estimate of drug-likeness (QED) is 0.739. The molecule has 1 aromatic carbocycles. The maximum Gasteiger partial charge on any atom is 2.00 e. The normalized spacial score (nSPS) is 12.4. The number of allylic oxidation sites excluding steroid dienone is 8. The zero-order valence-corrected chi connectivity index (χ0v) is 14.6. The van der Waals surface area contributed by atoms with Gasteiger partial charge in [-0.05, 0) is 5.56 Å². The Balaban J connectivity index is 0. The minimum absolute atomic E-state index is 0. The maximum atomic E-state index is 8.54. The van der Waals surface area contributed by atoms with Crippen LogP contribution < -0.4 is 0 Å². The minimum Gasteiger partial charge on any atom is -0.392 e. The van der Waals surface area contributed by atoms with Crippen molar-refractivity contribution in [2.24, 2.45) is 0 Å². The average Bonchev–Trinajstić information content (AvgIpc) is 3.17. The predicted octanol–water partition coefficient (Wildman–Crippen LogP) is 4.21. The zero-order chi connectivity index (χ0) is 12.9. The van der Waals surface area contributed by atoms with Gasteiger partial charge in [0.05, 0.1) is 6.61 Å². The van der Waals surface area contributed by atoms with Crippen LogP contribution in [-0.4, -0.2) is 5.11 Å². The fourth-order valence-electron chi connectivity index (χ4n) is 1.26. The summed E-state index contributed by atoms with van der Waals surface area (Å²) in [5.41, 5.74) is 0.965. The first-order valence-electron chi connectivity index (χ1n) is 6.01. The molecule has 2 aliphatic carbocycles. The molecule has 20 heavy (non-hydrogen) atoms. The number of aliphatic hydroxyl groups excluding tert-OH is 1. The van der Waals surface area contributed by atoms with Crippen LogP contribution in [0.15, 0.2) is 66.8 Å². The van der Waals surface area contributed by atoms with Crippen LogP contribution in [0.25, 0.3) is 0 Å². The summed E-state index contributed by atoms with van der Waals surface area (Å²) in [6, 6.07) is 9.52. The number of halogens is 1. The summed E-state index contributed by atoms with van der Waals surface area (Å²) in [5, 5.41) is 8.54. The Labute approximate surface area is 147 Å². The van der Waals surface area contributed by atoms with Crippen LogP contribution in [0.5, 0.6) is 0 Å². The first kappa shape index (κ1) is 21.6. The Morgan fingerprint density at radius 1 is 0.900 bits per heavy atom. The fraction of sp³-hybridized carbons (Fsp3) is 0.176. The molecule has 0 aliphatic heterocycles. The maximum absolute atomic E-state index is 8.54. The van der Waals surface area contributed by atoms with Gasteiger partial charge >= 0.3 is 26.2 Å². The second-order valence-corrected chi connectivity index (χ2v) is 3.65. The molecule has 0 saturated carbocycles. The average molecular weight is 366 g/mol. The second kappa shape index (κ2) is 16.4. The van der Waals surface area contributed by atoms with Crippen LogP contribution >= 0.6 is 12.4 Å². The van der Waals surface area contributed by atoms with E-state index in [4.69, 9.17) is 5.11 Å². The van der Waals surface area contributed by atoms with E-state index in [2.05, 4.69) is 24.3 Å². The number of hydrogen-bond acceptors (Lipinski definition) is 1. The van der Waals surface area contributed by atoms with Crippen molar-refractivity contribution in [3.8, 4) is 0 Å². The number of hydrogen-bond donors (Lipinski definition) is 1. The van der Waals surface area contributed by atoms with E-state index in [0.717, 1.165) is 18.4 Å². The van der Waals surface area contributed by atoms with Gasteiger partial charge in [0.1, 0.15) is 0 Å². The van der Waals surface area contributed by atoms with Crippen molar-refractivity contribution in [3.05, 3.63) is 84.5 Å². The summed E-state index contributed by atoms with van der Waals surface area (Å²) in [7, 11) is 0. The van der Waals surface area contributed by atoms with Gasteiger partial charge in [-0.3, -0.25) is 12.2 Å². The van der Waals surface area contributed by atoms with Gasteiger partial charge in [0, 0.05) is 0 Å². The van der Waals surface area contributed by atoms with Gasteiger partial charge in [0.2, 0.25) is 0 Å². The Hall–Kier alpha value is -0.687. The Morgan fingerprint density at radius 2 is 1.40 bits per heavy atom. The summed E-state index contributed by atoms with van der Waals surface area (Å²) in [4.78, 5) is 0. The third kappa shape index (κ3) is 12.4. The predicted molar refractivity (Wildman–Crippen MR) is 82.8 cm³/mol. The molecule has 0 heterocycles. The van der Waals surface area contributed by atoms with Crippen LogP contribution in [0.4, 0.5) is 0 Å². The van der Waals surface area contributed by atoms with E-state index in [0.29, 0.717) is 0 Å². The third-order valence-electron chi connectivity index (χ3n) is 2.20. The van der Waals surface area contributed by atoms with Crippen LogP contribution in [0, 0.1) is 12.2 Å². The summed E-state index contributed by atoms with van der Waals surface area (Å²) < 4.78 is 0. The molecule has 1 aromatic rings. The smallest absolute Gasteiger partial charge is 0.392 e. The van der Waals surface area contributed by atoms with Gasteiger partial charge in [0.25, 0.3) is 0 Å². The van der Waals surface area contributed by atoms with Crippen LogP contribution in [0.1, 0.15) is 18.4 Å². The summed E-state index contributed by atoms with van der Waals surface area (Å²) >= 11 is 0. The van der Waals surface area contributed by atoms with E-state index in [1.165, 1.54) is 0 Å². The van der Waals surface area contributed by atoms with Crippen LogP contribution in [0.3, 0.4) is 0 Å². The molecule has 1 nitrogen and oxygen atoms in total. The summed E-state index contributed by atoms with van der Waals surface area (Å²) in [5.74, 6) is 0. The minimum atomic E-state index is 0. The fourth-order valence-corrected chi connectivity index (χ4v) is 1.26. The van der Waals surface area contributed by atoms with E-state index in [1.807, 2.05) is 54.6 Å². The molecular formula is C17H19ClOZr. The van der Waals surface area contributed by atoms with Crippen molar-refractivity contribution in [2.75, 3.05) is 0 Å². The van der Waals surface area contributed by atoms with E-state index in [1.54, 1.807) is 0 Å². The monoisotopic (exact) mass is 364 g/mol. The molecule has 0 atom stereocenters. The molecule has 0 bridgehead atoms. The molecule has 3 rings (SSSR count). The van der Waals surface area contributed by atoms with Crippen molar-refractivity contribution in [3.63, 3.8) is 0 Å². The first-order chi connectivity index (χ1) is 8.93. The Kier molecular flexibility index (Phi) is 17.7. The third-order valence-corrected chi connectivity index (χ3v) is 2.20. The Morgan fingerprint density at radius 3 is 1.60 bits per heavy atom. The second-order valence-electron chi connectivity index (χ2n) is 3.65. The standard InChI is InChI=1S/C7H8O.2C5H5.ClH.Zr/c8-6-7-4-2-1-3-5-7;2*1-2-4-5-3-1;;/h1-5,8H,6H2;2*1-3H,4H2;1H;/q;2*-1;;+2. The van der Waals surface area contributed by atoms with Crippen molar-refractivity contribution < 1.29 is 31.3 Å². The van der Waals surface area contributed by atoms with Crippen molar-refractivity contribution in [1.29, 1.82) is 0 Å². The van der Waals surface area contributed by atoms with E-state index in [-0.39, 0.29) is 45.2 Å². The number of benzene rings is 1. The zero-order valence-electron chi connectivity index (χ0n) is 11.3. The van der Waals surface area contributed by atoms with Gasteiger partial charge in [-0.2, -0.15) is 12.2 Å².